The highest BCUT2D eigenvalue weighted by Gasteiger charge is 2.09. The Morgan fingerprint density at radius 3 is 2.95 bits per heavy atom. The first-order valence-electron chi connectivity index (χ1n) is 5.92. The maximum Gasteiger partial charge on any atom is 0.336 e. The minimum Gasteiger partial charge on any atom is -0.478 e. The Morgan fingerprint density at radius 1 is 1.50 bits per heavy atom. The molecule has 4 nitrogen and oxygen atoms in total. The number of carboxylic acid groups (broad SMARTS) is 1. The van der Waals surface area contributed by atoms with Gasteiger partial charge in [-0.2, -0.15) is 0 Å². The molecule has 0 aliphatic heterocycles. The zero-order valence-electron chi connectivity index (χ0n) is 10.9. The molecular weight excluding hydrogens is 342 g/mol. The van der Waals surface area contributed by atoms with Gasteiger partial charge in [0.25, 0.3) is 0 Å². The van der Waals surface area contributed by atoms with Crippen LogP contribution in [-0.4, -0.2) is 18.2 Å². The van der Waals surface area contributed by atoms with E-state index in [1.54, 1.807) is 18.6 Å². The van der Waals surface area contributed by atoms with Crippen LogP contribution < -0.4 is 5.32 Å². The highest BCUT2D eigenvalue weighted by molar-refractivity contribution is 9.10. The lowest BCUT2D eigenvalue weighted by Gasteiger charge is -2.12. The smallest absolute Gasteiger partial charge is 0.336 e. The van der Waals surface area contributed by atoms with Crippen LogP contribution >= 0.6 is 27.3 Å². The molecule has 0 amide bonds. The number of hydrogen-bond acceptors (Lipinski definition) is 4. The highest BCUT2D eigenvalue weighted by Crippen LogP contribution is 2.26. The molecule has 1 aromatic carbocycles. The number of nitrogens with one attached hydrogen (secondary N) is 1. The summed E-state index contributed by atoms with van der Waals surface area (Å²) < 4.78 is 6.18. The Bertz CT molecular complexity index is 612. The Kier molecular flexibility index (Phi) is 5.17. The molecule has 0 unspecified atom stereocenters. The van der Waals surface area contributed by atoms with Gasteiger partial charge in [-0.15, -0.1) is 11.3 Å². The Morgan fingerprint density at radius 2 is 2.30 bits per heavy atom. The van der Waals surface area contributed by atoms with Gasteiger partial charge in [0.1, 0.15) is 0 Å². The third kappa shape index (κ3) is 3.59. The summed E-state index contributed by atoms with van der Waals surface area (Å²) >= 11 is 4.94. The van der Waals surface area contributed by atoms with E-state index in [0.717, 1.165) is 20.6 Å². The van der Waals surface area contributed by atoms with Gasteiger partial charge in [-0.1, -0.05) is 22.0 Å². The number of anilines is 1. The molecule has 0 radical (unpaired) electrons. The van der Waals surface area contributed by atoms with Gasteiger partial charge in [-0.3, -0.25) is 0 Å². The van der Waals surface area contributed by atoms with Gasteiger partial charge >= 0.3 is 5.97 Å². The molecule has 6 heteroatoms. The first-order valence-corrected chi connectivity index (χ1v) is 7.60. The van der Waals surface area contributed by atoms with E-state index in [4.69, 9.17) is 9.84 Å². The van der Waals surface area contributed by atoms with Gasteiger partial charge in [0.15, 0.2) is 0 Å². The van der Waals surface area contributed by atoms with Crippen LogP contribution in [0.1, 0.15) is 20.8 Å². The number of benzene rings is 1. The fourth-order valence-corrected chi connectivity index (χ4v) is 3.06. The maximum absolute atomic E-state index is 10.8. The molecule has 0 spiro atoms. The number of halogens is 1. The van der Waals surface area contributed by atoms with Gasteiger partial charge in [-0.25, -0.2) is 4.79 Å². The Labute approximate surface area is 129 Å². The predicted octanol–water partition coefficient (Wildman–Crippen LogP) is 3.97. The fourth-order valence-electron chi connectivity index (χ4n) is 1.78. The second-order valence-electron chi connectivity index (χ2n) is 4.16. The van der Waals surface area contributed by atoms with E-state index in [9.17, 15) is 4.79 Å². The third-order valence-corrected chi connectivity index (χ3v) is 4.44. The van der Waals surface area contributed by atoms with E-state index < -0.39 is 5.97 Å². The van der Waals surface area contributed by atoms with Gasteiger partial charge in [-0.05, 0) is 18.2 Å². The van der Waals surface area contributed by atoms with Crippen molar-refractivity contribution in [3.05, 3.63) is 50.1 Å². The van der Waals surface area contributed by atoms with E-state index in [2.05, 4.69) is 21.2 Å². The second-order valence-corrected chi connectivity index (χ2v) is 6.01. The number of hydrogen-bond donors (Lipinski definition) is 2. The first kappa shape index (κ1) is 15.0. The number of rotatable bonds is 6. The summed E-state index contributed by atoms with van der Waals surface area (Å²) in [6.45, 7) is 1.10. The van der Waals surface area contributed by atoms with Crippen LogP contribution in [0.15, 0.2) is 34.1 Å². The van der Waals surface area contributed by atoms with Crippen molar-refractivity contribution in [3.8, 4) is 0 Å². The molecule has 0 saturated carbocycles. The minimum atomic E-state index is -0.893. The summed E-state index contributed by atoms with van der Waals surface area (Å²) in [5.74, 6) is -0.893. The average molecular weight is 356 g/mol. The molecule has 106 valence electrons. The van der Waals surface area contributed by atoms with E-state index in [1.165, 1.54) is 11.3 Å². The normalized spacial score (nSPS) is 10.5. The van der Waals surface area contributed by atoms with Crippen molar-refractivity contribution >= 4 is 38.9 Å². The van der Waals surface area contributed by atoms with Crippen LogP contribution in [0.5, 0.6) is 0 Å². The Balaban J connectivity index is 2.10. The zero-order valence-corrected chi connectivity index (χ0v) is 13.3. The summed E-state index contributed by atoms with van der Waals surface area (Å²) in [5, 5.41) is 13.9. The zero-order chi connectivity index (χ0) is 14.5. The molecule has 0 saturated heterocycles. The number of methoxy groups -OCH3 is 1. The van der Waals surface area contributed by atoms with Gasteiger partial charge in [0, 0.05) is 39.6 Å². The standard InChI is InChI=1S/C14H14BrNO3S/c1-19-7-11-12(15)3-2-4-13(11)16-6-10-5-9(8-20-10)14(17)18/h2-5,8,16H,6-7H2,1H3,(H,17,18). The summed E-state index contributed by atoms with van der Waals surface area (Å²) in [5.41, 5.74) is 2.36. The molecule has 0 aliphatic carbocycles. The molecular formula is C14H14BrNO3S. The number of thiophene rings is 1. The summed E-state index contributed by atoms with van der Waals surface area (Å²) in [4.78, 5) is 11.8. The second kappa shape index (κ2) is 6.88. The molecule has 2 aromatic rings. The molecule has 0 fully saturated rings. The lowest BCUT2D eigenvalue weighted by atomic mass is 10.2. The lowest BCUT2D eigenvalue weighted by molar-refractivity contribution is 0.0697. The third-order valence-electron chi connectivity index (χ3n) is 2.76. The van der Waals surface area contributed by atoms with Crippen LogP contribution in [0.2, 0.25) is 0 Å². The number of carboxylic acids is 1. The topological polar surface area (TPSA) is 58.6 Å². The molecule has 2 N–H and O–H groups in total. The van der Waals surface area contributed by atoms with Crippen LogP contribution in [0.4, 0.5) is 5.69 Å². The van der Waals surface area contributed by atoms with Crippen molar-refractivity contribution < 1.29 is 14.6 Å². The quantitative estimate of drug-likeness (QED) is 0.822. The lowest BCUT2D eigenvalue weighted by Crippen LogP contribution is -2.03. The van der Waals surface area contributed by atoms with Crippen molar-refractivity contribution in [3.63, 3.8) is 0 Å². The number of ether oxygens (including phenoxy) is 1. The molecule has 20 heavy (non-hydrogen) atoms. The van der Waals surface area contributed by atoms with Crippen molar-refractivity contribution in [2.75, 3.05) is 12.4 Å². The van der Waals surface area contributed by atoms with Crippen LogP contribution in [0.3, 0.4) is 0 Å². The molecule has 0 aliphatic rings. The van der Waals surface area contributed by atoms with Crippen molar-refractivity contribution in [2.24, 2.45) is 0 Å². The Hall–Kier alpha value is -1.37. The average Bonchev–Trinajstić information content (AvgIpc) is 2.89. The first-order chi connectivity index (χ1) is 9.61. The van der Waals surface area contributed by atoms with Gasteiger partial charge < -0.3 is 15.2 Å². The summed E-state index contributed by atoms with van der Waals surface area (Å²) in [6, 6.07) is 7.58. The number of aromatic carboxylic acids is 1. The monoisotopic (exact) mass is 355 g/mol. The SMILES string of the molecule is COCc1c(Br)cccc1NCc1cc(C(=O)O)cs1. The minimum absolute atomic E-state index is 0.332. The highest BCUT2D eigenvalue weighted by atomic mass is 79.9. The molecule has 0 bridgehead atoms. The molecule has 2 rings (SSSR count). The van der Waals surface area contributed by atoms with E-state index in [1.807, 2.05) is 18.2 Å². The van der Waals surface area contributed by atoms with Crippen molar-refractivity contribution in [1.82, 2.24) is 0 Å². The van der Waals surface area contributed by atoms with Crippen molar-refractivity contribution in [1.29, 1.82) is 0 Å². The summed E-state index contributed by atoms with van der Waals surface area (Å²) in [7, 11) is 1.65. The van der Waals surface area contributed by atoms with Crippen LogP contribution in [0, 0.1) is 0 Å². The van der Waals surface area contributed by atoms with Gasteiger partial charge in [0.2, 0.25) is 0 Å². The summed E-state index contributed by atoms with van der Waals surface area (Å²) in [6.07, 6.45) is 0. The number of carbonyl (C=O) groups is 1. The maximum atomic E-state index is 10.8. The van der Waals surface area contributed by atoms with Crippen molar-refractivity contribution in [2.45, 2.75) is 13.2 Å². The van der Waals surface area contributed by atoms with Crippen LogP contribution in [-0.2, 0) is 17.9 Å². The van der Waals surface area contributed by atoms with Gasteiger partial charge in [0.05, 0.1) is 12.2 Å². The molecule has 1 heterocycles. The molecule has 0 atom stereocenters. The van der Waals surface area contributed by atoms with E-state index in [-0.39, 0.29) is 0 Å². The predicted molar refractivity (Wildman–Crippen MR) is 83.5 cm³/mol. The van der Waals surface area contributed by atoms with E-state index in [0.29, 0.717) is 18.7 Å². The van der Waals surface area contributed by atoms with Crippen LogP contribution in [0.25, 0.3) is 0 Å². The fraction of sp³-hybridized carbons (Fsp3) is 0.214. The largest absolute Gasteiger partial charge is 0.478 e. The van der Waals surface area contributed by atoms with E-state index >= 15 is 0 Å². The molecule has 1 aromatic heterocycles.